The largest absolute Gasteiger partial charge is 0.416 e. The number of aliphatic hydroxyl groups excluding tert-OH is 1. The van der Waals surface area contributed by atoms with Gasteiger partial charge < -0.3 is 10.4 Å². The van der Waals surface area contributed by atoms with Crippen molar-refractivity contribution in [1.29, 1.82) is 0 Å². The Morgan fingerprint density at radius 1 is 0.541 bits per heavy atom. The highest BCUT2D eigenvalue weighted by Gasteiger charge is 2.29. The predicted molar refractivity (Wildman–Crippen MR) is 141 cm³/mol. The highest BCUT2D eigenvalue weighted by Crippen LogP contribution is 2.31. The summed E-state index contributed by atoms with van der Waals surface area (Å²) < 4.78 is 37.9. The number of anilines is 1. The molecular weight excluding hydrogens is 479 g/mol. The van der Waals surface area contributed by atoms with Crippen molar-refractivity contribution in [2.45, 2.75) is 51.1 Å². The molecule has 0 fully saturated rings. The van der Waals surface area contributed by atoms with E-state index in [1.807, 2.05) is 24.3 Å². The molecule has 3 aromatic carbocycles. The summed E-state index contributed by atoms with van der Waals surface area (Å²) in [4.78, 5) is 0. The molecule has 0 unspecified atom stereocenters. The molecule has 0 aliphatic rings. The number of nitrogens with one attached hydrogen (secondary N) is 1. The fourth-order valence-electron chi connectivity index (χ4n) is 3.53. The fourth-order valence-corrected chi connectivity index (χ4v) is 3.53. The quantitative estimate of drug-likeness (QED) is 0.167. The highest BCUT2D eigenvalue weighted by atomic mass is 19.4. The second-order valence-corrected chi connectivity index (χ2v) is 8.63. The van der Waals surface area contributed by atoms with Crippen LogP contribution in [0.2, 0.25) is 0 Å². The van der Waals surface area contributed by atoms with Gasteiger partial charge in [-0.1, -0.05) is 32.1 Å². The van der Waals surface area contributed by atoms with Crippen LogP contribution in [0.5, 0.6) is 0 Å². The molecule has 37 heavy (non-hydrogen) atoms. The van der Waals surface area contributed by atoms with Crippen molar-refractivity contribution in [3.05, 3.63) is 78.4 Å². The molecule has 0 bridgehead atoms. The molecule has 3 aromatic rings. The van der Waals surface area contributed by atoms with E-state index in [4.69, 9.17) is 5.11 Å². The molecule has 0 atom stereocenters. The molecule has 0 aromatic heterocycles. The van der Waals surface area contributed by atoms with Gasteiger partial charge in [0.1, 0.15) is 0 Å². The van der Waals surface area contributed by atoms with E-state index in [0.29, 0.717) is 23.7 Å². The number of nitrogens with zero attached hydrogens (tertiary/aromatic N) is 4. The first-order valence-electron chi connectivity index (χ1n) is 12.5. The maximum absolute atomic E-state index is 12.6. The minimum atomic E-state index is -4.37. The predicted octanol–water partition coefficient (Wildman–Crippen LogP) is 9.67. The summed E-state index contributed by atoms with van der Waals surface area (Å²) in [7, 11) is 0. The topological polar surface area (TPSA) is 81.7 Å². The lowest BCUT2D eigenvalue weighted by Crippen LogP contribution is -2.03. The van der Waals surface area contributed by atoms with Crippen LogP contribution in [-0.2, 0) is 6.18 Å². The summed E-state index contributed by atoms with van der Waals surface area (Å²) in [5.74, 6) is 0. The van der Waals surface area contributed by atoms with Gasteiger partial charge in [-0.25, -0.2) is 0 Å². The second-order valence-electron chi connectivity index (χ2n) is 8.63. The molecule has 0 saturated carbocycles. The standard InChI is InChI=1S/C28H32F3N5O/c29-28(30,31)22-8-10-24(11-9-22)33-35-26-16-18-27(19-17-26)36-34-25-14-12-23(13-15-25)32-20-6-4-2-1-3-5-7-21-37/h8-19,32,37H,1-7,20-21H2. The van der Waals surface area contributed by atoms with E-state index in [-0.39, 0.29) is 0 Å². The summed E-state index contributed by atoms with van der Waals surface area (Å²) in [5.41, 5.74) is 2.59. The second kappa shape index (κ2) is 14.8. The number of benzene rings is 3. The number of unbranched alkanes of at least 4 members (excludes halogenated alkanes) is 6. The van der Waals surface area contributed by atoms with Crippen molar-refractivity contribution < 1.29 is 18.3 Å². The average Bonchev–Trinajstić information content (AvgIpc) is 2.91. The molecule has 3 rings (SSSR count). The van der Waals surface area contributed by atoms with Crippen LogP contribution in [0, 0.1) is 0 Å². The molecule has 0 aliphatic heterocycles. The van der Waals surface area contributed by atoms with Crippen LogP contribution >= 0.6 is 0 Å². The number of alkyl halides is 3. The summed E-state index contributed by atoms with van der Waals surface area (Å²) >= 11 is 0. The van der Waals surface area contributed by atoms with E-state index in [0.717, 1.165) is 49.3 Å². The van der Waals surface area contributed by atoms with Gasteiger partial charge in [-0.05, 0) is 85.6 Å². The zero-order valence-corrected chi connectivity index (χ0v) is 20.7. The molecular formula is C28H32F3N5O. The first kappa shape index (κ1) is 28.0. The van der Waals surface area contributed by atoms with Gasteiger partial charge in [0.15, 0.2) is 0 Å². The van der Waals surface area contributed by atoms with E-state index in [1.54, 1.807) is 24.3 Å². The van der Waals surface area contributed by atoms with E-state index in [2.05, 4.69) is 25.8 Å². The van der Waals surface area contributed by atoms with Crippen LogP contribution in [0.4, 0.5) is 41.6 Å². The van der Waals surface area contributed by atoms with Gasteiger partial charge in [-0.3, -0.25) is 0 Å². The van der Waals surface area contributed by atoms with Gasteiger partial charge in [-0.2, -0.15) is 33.6 Å². The van der Waals surface area contributed by atoms with Gasteiger partial charge in [0.05, 0.1) is 28.3 Å². The molecule has 0 spiro atoms. The van der Waals surface area contributed by atoms with E-state index in [9.17, 15) is 13.2 Å². The Bertz CT molecular complexity index is 1110. The molecule has 0 aliphatic carbocycles. The number of rotatable bonds is 14. The molecule has 9 heteroatoms. The maximum Gasteiger partial charge on any atom is 0.416 e. The van der Waals surface area contributed by atoms with Gasteiger partial charge >= 0.3 is 6.18 Å². The van der Waals surface area contributed by atoms with Gasteiger partial charge in [0.2, 0.25) is 0 Å². The van der Waals surface area contributed by atoms with Gasteiger partial charge in [0.25, 0.3) is 0 Å². The normalized spacial score (nSPS) is 12.0. The maximum atomic E-state index is 12.6. The number of hydrogen-bond acceptors (Lipinski definition) is 6. The SMILES string of the molecule is OCCCCCCCCCNc1ccc(N=Nc2ccc(N=Nc3ccc(C(F)(F)F)cc3)cc2)cc1. The summed E-state index contributed by atoms with van der Waals surface area (Å²) in [6.45, 7) is 1.23. The van der Waals surface area contributed by atoms with Crippen LogP contribution in [0.3, 0.4) is 0 Å². The van der Waals surface area contributed by atoms with Gasteiger partial charge in [0, 0.05) is 18.8 Å². The lowest BCUT2D eigenvalue weighted by atomic mass is 10.1. The summed E-state index contributed by atoms with van der Waals surface area (Å²) in [6.07, 6.45) is 3.64. The molecule has 0 heterocycles. The van der Waals surface area contributed by atoms with E-state index >= 15 is 0 Å². The monoisotopic (exact) mass is 511 g/mol. The highest BCUT2D eigenvalue weighted by molar-refractivity contribution is 5.52. The molecule has 6 nitrogen and oxygen atoms in total. The van der Waals surface area contributed by atoms with Crippen LogP contribution in [0.1, 0.15) is 50.5 Å². The first-order chi connectivity index (χ1) is 17.9. The number of halogens is 3. The number of azo groups is 2. The Balaban J connectivity index is 1.40. The third-order valence-corrected chi connectivity index (χ3v) is 5.64. The van der Waals surface area contributed by atoms with Crippen LogP contribution < -0.4 is 5.32 Å². The van der Waals surface area contributed by atoms with Crippen LogP contribution in [0.25, 0.3) is 0 Å². The minimum absolute atomic E-state index is 0.296. The molecule has 0 radical (unpaired) electrons. The molecule has 0 saturated heterocycles. The van der Waals surface area contributed by atoms with Crippen LogP contribution in [-0.4, -0.2) is 18.3 Å². The van der Waals surface area contributed by atoms with Crippen molar-refractivity contribution in [1.82, 2.24) is 0 Å². The Kier molecular flexibility index (Phi) is 11.2. The Labute approximate surface area is 215 Å². The molecule has 2 N–H and O–H groups in total. The van der Waals surface area contributed by atoms with Crippen LogP contribution in [0.15, 0.2) is 93.3 Å². The third kappa shape index (κ3) is 10.5. The minimum Gasteiger partial charge on any atom is -0.396 e. The van der Waals surface area contributed by atoms with E-state index < -0.39 is 11.7 Å². The molecule has 196 valence electrons. The Morgan fingerprint density at radius 2 is 0.919 bits per heavy atom. The Hall–Kier alpha value is -3.59. The number of hydrogen-bond donors (Lipinski definition) is 2. The van der Waals surface area contributed by atoms with Crippen molar-refractivity contribution in [2.75, 3.05) is 18.5 Å². The smallest absolute Gasteiger partial charge is 0.396 e. The zero-order chi connectivity index (χ0) is 26.3. The summed E-state index contributed by atoms with van der Waals surface area (Å²) in [6, 6.07) is 19.2. The van der Waals surface area contributed by atoms with E-state index in [1.165, 1.54) is 37.8 Å². The third-order valence-electron chi connectivity index (χ3n) is 5.64. The van der Waals surface area contributed by atoms with Gasteiger partial charge in [-0.15, -0.1) is 0 Å². The van der Waals surface area contributed by atoms with Crippen molar-refractivity contribution in [3.8, 4) is 0 Å². The van der Waals surface area contributed by atoms with Crippen molar-refractivity contribution in [3.63, 3.8) is 0 Å². The zero-order valence-electron chi connectivity index (χ0n) is 20.7. The fraction of sp³-hybridized carbons (Fsp3) is 0.357. The molecule has 0 amide bonds. The first-order valence-corrected chi connectivity index (χ1v) is 12.5. The van der Waals surface area contributed by atoms with Crippen molar-refractivity contribution >= 4 is 28.4 Å². The summed E-state index contributed by atoms with van der Waals surface area (Å²) in [5, 5.41) is 28.7. The lowest BCUT2D eigenvalue weighted by Gasteiger charge is -2.06. The van der Waals surface area contributed by atoms with Crippen molar-refractivity contribution in [2.24, 2.45) is 20.5 Å². The lowest BCUT2D eigenvalue weighted by molar-refractivity contribution is -0.137. The Morgan fingerprint density at radius 3 is 1.35 bits per heavy atom. The average molecular weight is 512 g/mol. The number of aliphatic hydroxyl groups is 1.